The lowest BCUT2D eigenvalue weighted by Gasteiger charge is -2.16. The van der Waals surface area contributed by atoms with Crippen LogP contribution in [0.15, 0.2) is 47.1 Å². The number of rotatable bonds is 1. The Morgan fingerprint density at radius 2 is 1.40 bits per heavy atom. The summed E-state index contributed by atoms with van der Waals surface area (Å²) in [4.78, 5) is 0. The standard InChI is InChI=1S/C20H32/c1-16(2)20-14-12-18(4)10-6-8-17(3)9-7-11-19(5)13-15-20/h8,11-12,20H,1,6-7,9-10,13-15H2,2-5H3/t20-/m0/s1. The van der Waals surface area contributed by atoms with Crippen LogP contribution in [0.2, 0.25) is 0 Å². The lowest BCUT2D eigenvalue weighted by atomic mass is 9.89. The van der Waals surface area contributed by atoms with Crippen LogP contribution in [0, 0.1) is 5.92 Å². The molecule has 1 atom stereocenters. The van der Waals surface area contributed by atoms with Crippen molar-refractivity contribution in [2.45, 2.75) is 72.6 Å². The molecule has 0 aromatic rings. The zero-order valence-electron chi connectivity index (χ0n) is 14.0. The molecule has 0 aliphatic heterocycles. The van der Waals surface area contributed by atoms with Crippen molar-refractivity contribution in [2.24, 2.45) is 5.92 Å². The molecular formula is C20H32. The molecule has 112 valence electrons. The average molecular weight is 272 g/mol. The maximum Gasteiger partial charge on any atom is -0.0171 e. The molecule has 0 amide bonds. The lowest BCUT2D eigenvalue weighted by Crippen LogP contribution is -2.01. The first kappa shape index (κ1) is 17.0. The molecule has 0 spiro atoms. The van der Waals surface area contributed by atoms with Crippen molar-refractivity contribution < 1.29 is 0 Å². The summed E-state index contributed by atoms with van der Waals surface area (Å²) in [6, 6.07) is 0. The van der Waals surface area contributed by atoms with E-state index >= 15 is 0 Å². The molecule has 0 aromatic carbocycles. The first-order valence-electron chi connectivity index (χ1n) is 8.11. The van der Waals surface area contributed by atoms with Gasteiger partial charge in [-0.25, -0.2) is 0 Å². The Morgan fingerprint density at radius 1 is 0.900 bits per heavy atom. The van der Waals surface area contributed by atoms with E-state index in [9.17, 15) is 0 Å². The monoisotopic (exact) mass is 272 g/mol. The van der Waals surface area contributed by atoms with Gasteiger partial charge in [0.25, 0.3) is 0 Å². The highest BCUT2D eigenvalue weighted by atomic mass is 14.1. The molecule has 0 heteroatoms. The van der Waals surface area contributed by atoms with Crippen molar-refractivity contribution in [1.82, 2.24) is 0 Å². The van der Waals surface area contributed by atoms with Gasteiger partial charge >= 0.3 is 0 Å². The Hall–Kier alpha value is -1.04. The SMILES string of the molecule is C=C(C)[C@H]1CC=C(C)CCC=C(C)CCC=C(C)CC1. The van der Waals surface area contributed by atoms with Gasteiger partial charge in [-0.3, -0.25) is 0 Å². The van der Waals surface area contributed by atoms with Crippen LogP contribution in [0.4, 0.5) is 0 Å². The minimum atomic E-state index is 0.647. The Bertz CT molecular complexity index is 404. The molecule has 1 aliphatic rings. The molecule has 0 N–H and O–H groups in total. The normalized spacial score (nSPS) is 23.2. The van der Waals surface area contributed by atoms with E-state index in [1.807, 2.05) is 0 Å². The van der Waals surface area contributed by atoms with Crippen LogP contribution in [0.25, 0.3) is 0 Å². The quantitative estimate of drug-likeness (QED) is 0.462. The van der Waals surface area contributed by atoms with Crippen molar-refractivity contribution >= 4 is 0 Å². The first-order chi connectivity index (χ1) is 9.49. The van der Waals surface area contributed by atoms with Gasteiger partial charge in [-0.15, -0.1) is 0 Å². The zero-order chi connectivity index (χ0) is 15.0. The molecule has 0 bridgehead atoms. The minimum absolute atomic E-state index is 0.647. The Balaban J connectivity index is 2.77. The van der Waals surface area contributed by atoms with Crippen molar-refractivity contribution in [3.05, 3.63) is 47.1 Å². The van der Waals surface area contributed by atoms with Gasteiger partial charge in [-0.2, -0.15) is 0 Å². The Kier molecular flexibility index (Phi) is 7.65. The van der Waals surface area contributed by atoms with Crippen LogP contribution in [-0.4, -0.2) is 0 Å². The molecule has 0 saturated heterocycles. The lowest BCUT2D eigenvalue weighted by molar-refractivity contribution is 0.564. The van der Waals surface area contributed by atoms with Gasteiger partial charge in [0.15, 0.2) is 0 Å². The van der Waals surface area contributed by atoms with E-state index in [0.29, 0.717) is 5.92 Å². The second-order valence-electron chi connectivity index (χ2n) is 6.55. The van der Waals surface area contributed by atoms with E-state index in [1.165, 1.54) is 49.7 Å². The number of hydrogen-bond acceptors (Lipinski definition) is 0. The molecule has 1 aliphatic carbocycles. The maximum absolute atomic E-state index is 4.18. The van der Waals surface area contributed by atoms with E-state index < -0.39 is 0 Å². The molecule has 0 saturated carbocycles. The topological polar surface area (TPSA) is 0 Å². The molecule has 0 nitrogen and oxygen atoms in total. The molecular weight excluding hydrogens is 240 g/mol. The molecule has 20 heavy (non-hydrogen) atoms. The van der Waals surface area contributed by atoms with Crippen molar-refractivity contribution in [3.63, 3.8) is 0 Å². The average Bonchev–Trinajstić information content (AvgIpc) is 2.37. The highest BCUT2D eigenvalue weighted by Gasteiger charge is 2.08. The summed E-state index contributed by atoms with van der Waals surface area (Å²) >= 11 is 0. The minimum Gasteiger partial charge on any atom is -0.0998 e. The van der Waals surface area contributed by atoms with E-state index in [4.69, 9.17) is 0 Å². The smallest absolute Gasteiger partial charge is 0.0171 e. The molecule has 0 radical (unpaired) electrons. The van der Waals surface area contributed by atoms with Crippen LogP contribution in [0.1, 0.15) is 72.6 Å². The fourth-order valence-corrected chi connectivity index (χ4v) is 2.71. The predicted octanol–water partition coefficient (Wildman–Crippen LogP) is 6.76. The van der Waals surface area contributed by atoms with Gasteiger partial charge in [0, 0.05) is 0 Å². The summed E-state index contributed by atoms with van der Waals surface area (Å²) in [7, 11) is 0. The molecule has 0 fully saturated rings. The van der Waals surface area contributed by atoms with Gasteiger partial charge < -0.3 is 0 Å². The van der Waals surface area contributed by atoms with Crippen LogP contribution in [0.5, 0.6) is 0 Å². The fraction of sp³-hybridized carbons (Fsp3) is 0.600. The van der Waals surface area contributed by atoms with Gasteiger partial charge in [-0.05, 0) is 78.6 Å². The molecule has 0 heterocycles. The van der Waals surface area contributed by atoms with E-state index in [1.54, 1.807) is 11.1 Å². The Labute approximate surface area is 126 Å². The van der Waals surface area contributed by atoms with E-state index in [2.05, 4.69) is 52.5 Å². The maximum atomic E-state index is 4.18. The third-order valence-electron chi connectivity index (χ3n) is 4.40. The largest absolute Gasteiger partial charge is 0.0998 e. The third kappa shape index (κ3) is 6.93. The summed E-state index contributed by atoms with van der Waals surface area (Å²) in [6.07, 6.45) is 15.7. The van der Waals surface area contributed by atoms with Gasteiger partial charge in [0.05, 0.1) is 0 Å². The second kappa shape index (κ2) is 9.00. The summed E-state index contributed by atoms with van der Waals surface area (Å²) in [5.74, 6) is 0.647. The van der Waals surface area contributed by atoms with Gasteiger partial charge in [-0.1, -0.05) is 47.1 Å². The highest BCUT2D eigenvalue weighted by Crippen LogP contribution is 2.24. The predicted molar refractivity (Wildman–Crippen MR) is 91.9 cm³/mol. The van der Waals surface area contributed by atoms with Crippen LogP contribution in [0.3, 0.4) is 0 Å². The van der Waals surface area contributed by atoms with Crippen molar-refractivity contribution in [2.75, 3.05) is 0 Å². The van der Waals surface area contributed by atoms with Gasteiger partial charge in [0.1, 0.15) is 0 Å². The van der Waals surface area contributed by atoms with Crippen LogP contribution < -0.4 is 0 Å². The summed E-state index contributed by atoms with van der Waals surface area (Å²) in [6.45, 7) is 13.2. The molecule has 0 unspecified atom stereocenters. The van der Waals surface area contributed by atoms with Crippen LogP contribution >= 0.6 is 0 Å². The van der Waals surface area contributed by atoms with E-state index in [-0.39, 0.29) is 0 Å². The van der Waals surface area contributed by atoms with Crippen molar-refractivity contribution in [1.29, 1.82) is 0 Å². The molecule has 0 aromatic heterocycles. The first-order valence-corrected chi connectivity index (χ1v) is 8.11. The number of allylic oxidation sites excluding steroid dienone is 7. The summed E-state index contributed by atoms with van der Waals surface area (Å²) < 4.78 is 0. The summed E-state index contributed by atoms with van der Waals surface area (Å²) in [5, 5.41) is 0. The zero-order valence-corrected chi connectivity index (χ0v) is 14.0. The number of hydrogen-bond donors (Lipinski definition) is 0. The summed E-state index contributed by atoms with van der Waals surface area (Å²) in [5.41, 5.74) is 5.95. The van der Waals surface area contributed by atoms with E-state index in [0.717, 1.165) is 6.42 Å². The van der Waals surface area contributed by atoms with Gasteiger partial charge in [0.2, 0.25) is 0 Å². The third-order valence-corrected chi connectivity index (χ3v) is 4.40. The van der Waals surface area contributed by atoms with Crippen LogP contribution in [-0.2, 0) is 0 Å². The second-order valence-corrected chi connectivity index (χ2v) is 6.55. The Morgan fingerprint density at radius 3 is 1.95 bits per heavy atom. The van der Waals surface area contributed by atoms with Crippen molar-refractivity contribution in [3.8, 4) is 0 Å². The molecule has 1 rings (SSSR count). The fourth-order valence-electron chi connectivity index (χ4n) is 2.71. The highest BCUT2D eigenvalue weighted by molar-refractivity contribution is 5.09.